The molecule has 1 spiro atoms. The summed E-state index contributed by atoms with van der Waals surface area (Å²) in [7, 11) is 6.22. The van der Waals surface area contributed by atoms with Gasteiger partial charge in [0, 0.05) is 109 Å². The highest BCUT2D eigenvalue weighted by molar-refractivity contribution is 6.18. The van der Waals surface area contributed by atoms with Gasteiger partial charge in [-0.3, -0.25) is 19.4 Å². The molecule has 19 heteroatoms. The Labute approximate surface area is 412 Å². The predicted octanol–water partition coefficient (Wildman–Crippen LogP) is 5.91. The number of aliphatic hydroxyl groups is 1. The number of halogens is 2. The number of methoxy groups -OCH3 is 3. The minimum Gasteiger partial charge on any atom is -0.496 e. The molecule has 1 aliphatic carbocycles. The lowest BCUT2D eigenvalue weighted by atomic mass is 9.47. The van der Waals surface area contributed by atoms with Crippen molar-refractivity contribution in [2.75, 3.05) is 84.3 Å². The second-order valence-electron chi connectivity index (χ2n) is 19.0. The molecule has 1 saturated heterocycles. The van der Waals surface area contributed by atoms with Gasteiger partial charge in [0.25, 0.3) is 0 Å². The third-order valence-electron chi connectivity index (χ3n) is 15.8. The molecule has 6 aliphatic rings. The summed E-state index contributed by atoms with van der Waals surface area (Å²) < 4.78 is 23.9. The van der Waals surface area contributed by atoms with E-state index in [-0.39, 0.29) is 30.4 Å². The van der Waals surface area contributed by atoms with E-state index in [2.05, 4.69) is 68.7 Å². The van der Waals surface area contributed by atoms with E-state index in [1.54, 1.807) is 7.11 Å². The van der Waals surface area contributed by atoms with Crippen LogP contribution in [-0.4, -0.2) is 152 Å². The molecular weight excluding hydrogens is 929 g/mol. The van der Waals surface area contributed by atoms with Gasteiger partial charge in [-0.15, -0.1) is 28.1 Å². The Morgan fingerprint density at radius 2 is 1.77 bits per heavy atom. The Bertz CT molecular complexity index is 2570. The molecule has 1 aromatic heterocycles. The SMILES string of the molecule is CCC1=C[C@@H]2C[N@](C1)Cc1c([nH]c3ccccc13)[C@@](C(=O)OC)(c1cc3c(cc1OC)N(C)[C@H]1[C@@](O)(C(=O)OC)[C@H](OC(C)=O)[C@]4(CC)C=CCN5CC[C@]31[C@@H]54)C2.O=NN(CCCl)C(=O)NCCCl. The van der Waals surface area contributed by atoms with Gasteiger partial charge in [-0.2, -0.15) is 5.01 Å². The molecule has 17 nitrogen and oxygen atoms in total. The molecule has 372 valence electrons. The molecule has 6 heterocycles. The maximum atomic E-state index is 15.2. The average molecular weight is 993 g/mol. The number of esters is 3. The van der Waals surface area contributed by atoms with Crippen LogP contribution in [0.3, 0.4) is 0 Å². The fraction of sp³-hybridized carbons (Fsp3) is 0.560. The first-order chi connectivity index (χ1) is 33.1. The van der Waals surface area contributed by atoms with Crippen LogP contribution in [-0.2, 0) is 46.0 Å². The Balaban J connectivity index is 0.000000474. The van der Waals surface area contributed by atoms with Crippen molar-refractivity contribution in [2.24, 2.45) is 16.6 Å². The highest BCUT2D eigenvalue weighted by Crippen LogP contribution is 2.68. The number of amides is 2. The van der Waals surface area contributed by atoms with Crippen LogP contribution in [0.2, 0.25) is 0 Å². The summed E-state index contributed by atoms with van der Waals surface area (Å²) in [6, 6.07) is 10.6. The lowest BCUT2D eigenvalue weighted by Gasteiger charge is -2.63. The quantitative estimate of drug-likeness (QED) is 0.0485. The molecule has 69 heavy (non-hydrogen) atoms. The van der Waals surface area contributed by atoms with E-state index >= 15 is 4.79 Å². The number of likely N-dealkylation sites (N-methyl/N-ethyl adjacent to an activating group) is 1. The zero-order chi connectivity index (χ0) is 49.6. The zero-order valence-corrected chi connectivity index (χ0v) is 41.8. The van der Waals surface area contributed by atoms with Crippen LogP contribution < -0.4 is 15.0 Å². The van der Waals surface area contributed by atoms with Crippen LogP contribution in [0.1, 0.15) is 68.8 Å². The van der Waals surface area contributed by atoms with Crippen LogP contribution in [0.25, 0.3) is 10.9 Å². The summed E-state index contributed by atoms with van der Waals surface area (Å²) in [6.45, 7) is 9.59. The zero-order valence-electron chi connectivity index (χ0n) is 40.3. The number of para-hydroxylation sites is 1. The third kappa shape index (κ3) is 7.69. The van der Waals surface area contributed by atoms with E-state index in [0.717, 1.165) is 52.9 Å². The monoisotopic (exact) mass is 991 g/mol. The normalized spacial score (nSPS) is 30.4. The largest absolute Gasteiger partial charge is 0.496 e. The summed E-state index contributed by atoms with van der Waals surface area (Å²) in [4.78, 5) is 74.1. The molecule has 9 rings (SSSR count). The van der Waals surface area contributed by atoms with Crippen molar-refractivity contribution < 1.29 is 43.2 Å². The van der Waals surface area contributed by atoms with Crippen LogP contribution in [0.5, 0.6) is 5.75 Å². The molecule has 3 N–H and O–H groups in total. The van der Waals surface area contributed by atoms with Crippen LogP contribution in [0.4, 0.5) is 10.5 Å². The molecule has 3 aromatic rings. The number of aromatic amines is 1. The maximum Gasteiger partial charge on any atom is 0.344 e. The number of ether oxygens (including phenoxy) is 4. The Morgan fingerprint density at radius 3 is 2.42 bits per heavy atom. The Kier molecular flexibility index (Phi) is 14.2. The number of nitroso groups, excluding NO2 is 1. The number of aromatic nitrogens is 1. The molecular formula is C50H63Cl2N7O10. The van der Waals surface area contributed by atoms with Gasteiger partial charge in [0.05, 0.1) is 39.2 Å². The van der Waals surface area contributed by atoms with Gasteiger partial charge in [-0.05, 0) is 61.4 Å². The van der Waals surface area contributed by atoms with Gasteiger partial charge < -0.3 is 39.3 Å². The first kappa shape index (κ1) is 50.2. The number of urea groups is 1. The molecule has 2 amide bonds. The van der Waals surface area contributed by atoms with E-state index in [1.165, 1.54) is 26.7 Å². The summed E-state index contributed by atoms with van der Waals surface area (Å²) >= 11 is 10.6. The van der Waals surface area contributed by atoms with Crippen LogP contribution in [0.15, 0.2) is 65.5 Å². The molecule has 0 radical (unpaired) electrons. The molecule has 9 atom stereocenters. The lowest BCUT2D eigenvalue weighted by molar-refractivity contribution is -0.228. The van der Waals surface area contributed by atoms with Crippen molar-refractivity contribution in [1.29, 1.82) is 0 Å². The maximum absolute atomic E-state index is 15.2. The topological polar surface area (TPSA) is 196 Å². The van der Waals surface area contributed by atoms with Crippen molar-refractivity contribution in [3.05, 3.63) is 87.5 Å². The number of H-pyrrole nitrogens is 1. The second kappa shape index (κ2) is 19.5. The third-order valence-corrected chi connectivity index (χ3v) is 16.1. The summed E-state index contributed by atoms with van der Waals surface area (Å²) in [5.74, 6) is -0.853. The number of carbonyl (C=O) groups is 4. The number of hydrogen-bond donors (Lipinski definition) is 3. The number of hydrogen-bond acceptors (Lipinski definition) is 14. The smallest absolute Gasteiger partial charge is 0.344 e. The standard InChI is InChI=1S/C45H54N4O8.C5H9Cl2N3O2/c1-8-27-19-28-22-44(40(51)55-6,36-30(25-48(23-27)24-28)29-13-10-11-14-33(29)46-36)32-20-31-34(21-35(32)54-5)47(4)38-43(31)16-18-49-17-12-15-42(9-2,37(43)49)39(57-26(3)50)45(38,53)41(52)56-7;6-1-3-8-5(11)10(9-12)4-2-7/h10-15,19-21,28,37-39,46,53H,8-9,16-18,22-25H2,1-7H3;1-4H2,(H,8,11)/t28-,37-,38+,39+,42+,43+,44-,45-;/m0./s1. The molecule has 0 unspecified atom stereocenters. The number of nitrogens with zero attached hydrogens (tertiary/aromatic N) is 5. The van der Waals surface area contributed by atoms with Gasteiger partial charge in [-0.1, -0.05) is 55.8 Å². The van der Waals surface area contributed by atoms with Gasteiger partial charge in [0.15, 0.2) is 6.10 Å². The number of anilines is 1. The first-order valence-corrected chi connectivity index (χ1v) is 24.7. The van der Waals surface area contributed by atoms with Gasteiger partial charge in [-0.25, -0.2) is 9.59 Å². The van der Waals surface area contributed by atoms with Crippen molar-refractivity contribution in [3.8, 4) is 5.75 Å². The average Bonchev–Trinajstić information content (AvgIpc) is 4.01. The minimum absolute atomic E-state index is 0.0284. The number of nitrogens with one attached hydrogen (secondary N) is 2. The molecule has 2 fully saturated rings. The Hall–Kier alpha value is -5.20. The second-order valence-corrected chi connectivity index (χ2v) is 19.7. The van der Waals surface area contributed by atoms with Crippen molar-refractivity contribution >= 4 is 63.7 Å². The molecule has 5 aliphatic heterocycles. The van der Waals surface area contributed by atoms with E-state index in [9.17, 15) is 24.4 Å². The van der Waals surface area contributed by atoms with Crippen molar-refractivity contribution in [1.82, 2.24) is 25.1 Å². The Morgan fingerprint density at radius 1 is 1.01 bits per heavy atom. The van der Waals surface area contributed by atoms with E-state index in [1.807, 2.05) is 37.1 Å². The van der Waals surface area contributed by atoms with Gasteiger partial charge in [0.2, 0.25) is 5.60 Å². The van der Waals surface area contributed by atoms with E-state index in [4.69, 9.17) is 42.1 Å². The number of alkyl halides is 2. The van der Waals surface area contributed by atoms with Gasteiger partial charge in [0.1, 0.15) is 11.2 Å². The molecule has 2 bridgehead atoms. The highest BCUT2D eigenvalue weighted by atomic mass is 35.5. The van der Waals surface area contributed by atoms with Gasteiger partial charge >= 0.3 is 23.9 Å². The molecule has 1 saturated carbocycles. The summed E-state index contributed by atoms with van der Waals surface area (Å²) in [5, 5.41) is 19.9. The first-order valence-electron chi connectivity index (χ1n) is 23.6. The van der Waals surface area contributed by atoms with Crippen molar-refractivity contribution in [3.63, 3.8) is 0 Å². The van der Waals surface area contributed by atoms with Crippen LogP contribution in [0, 0.1) is 16.2 Å². The number of benzene rings is 2. The van der Waals surface area contributed by atoms with E-state index in [0.29, 0.717) is 67.6 Å². The number of carbonyl (C=O) groups excluding carboxylic acids is 4. The fourth-order valence-corrected chi connectivity index (χ4v) is 13.6. The summed E-state index contributed by atoms with van der Waals surface area (Å²) in [5.41, 5.74) is 1.05. The fourth-order valence-electron chi connectivity index (χ4n) is 13.3. The van der Waals surface area contributed by atoms with Crippen molar-refractivity contribution in [2.45, 2.75) is 87.6 Å². The van der Waals surface area contributed by atoms with E-state index < -0.39 is 52.0 Å². The molecule has 2 aromatic carbocycles. The number of fused-ring (bicyclic) bond motifs is 6. The highest BCUT2D eigenvalue weighted by Gasteiger charge is 2.80. The summed E-state index contributed by atoms with van der Waals surface area (Å²) in [6.07, 6.45) is 7.67. The predicted molar refractivity (Wildman–Crippen MR) is 261 cm³/mol. The van der Waals surface area contributed by atoms with Crippen LogP contribution >= 0.6 is 23.2 Å². The number of rotatable bonds is 12. The lowest BCUT2D eigenvalue weighted by Crippen LogP contribution is -2.81. The minimum atomic E-state index is -2.27.